The Kier molecular flexibility index (Phi) is 4.10. The van der Waals surface area contributed by atoms with Gasteiger partial charge in [-0.05, 0) is 0 Å². The van der Waals surface area contributed by atoms with Crippen LogP contribution in [-0.4, -0.2) is 10.6 Å². The molecule has 0 aromatic heterocycles. The molecule has 0 aliphatic rings. The van der Waals surface area contributed by atoms with Crippen LogP contribution < -0.4 is 15.9 Å². The van der Waals surface area contributed by atoms with E-state index < -0.39 is 6.83 Å². The number of hydrogen-bond donors (Lipinski definition) is 1. The molecule has 0 fully saturated rings. The van der Waals surface area contributed by atoms with Crippen LogP contribution in [0, 0.1) is 0 Å². The Labute approximate surface area is 138 Å². The first-order valence-electron chi connectivity index (χ1n) is 8.02. The van der Waals surface area contributed by atoms with Crippen LogP contribution in [0.15, 0.2) is 91.0 Å². The van der Waals surface area contributed by atoms with E-state index in [1.807, 2.05) is 54.6 Å². The summed E-state index contributed by atoms with van der Waals surface area (Å²) in [4.78, 5) is 12.6. The van der Waals surface area contributed by atoms with E-state index in [0.717, 1.165) is 15.9 Å². The summed E-state index contributed by atoms with van der Waals surface area (Å²) in [6.07, 6.45) is 0. The van der Waals surface area contributed by atoms with Crippen LogP contribution in [-0.2, 0) is 0 Å². The van der Waals surface area contributed by atoms with Crippen LogP contribution in [0.2, 0.25) is 0 Å². The Hall–Kier alpha value is -1.95. The Morgan fingerprint density at radius 2 is 0.826 bits per heavy atom. The van der Waals surface area contributed by atoms with Crippen molar-refractivity contribution in [3.8, 4) is 0 Å². The number of benzene rings is 3. The van der Waals surface area contributed by atoms with Gasteiger partial charge in [0.1, 0.15) is 0 Å². The van der Waals surface area contributed by atoms with Gasteiger partial charge in [0, 0.05) is 0 Å². The van der Waals surface area contributed by atoms with E-state index in [0.29, 0.717) is 0 Å². The van der Waals surface area contributed by atoms with Gasteiger partial charge in [-0.1, -0.05) is 0 Å². The molecule has 0 aliphatic carbocycles. The summed E-state index contributed by atoms with van der Waals surface area (Å²) >= 11 is 0. The van der Waals surface area contributed by atoms with E-state index in [1.54, 1.807) is 0 Å². The zero-order chi connectivity index (χ0) is 16.4. The van der Waals surface area contributed by atoms with Gasteiger partial charge in [-0.2, -0.15) is 0 Å². The zero-order valence-electron chi connectivity index (χ0n) is 13.6. The first-order chi connectivity index (χ1) is 11.1. The Morgan fingerprint density at radius 3 is 1.04 bits per heavy atom. The molecule has 0 unspecified atom stereocenters. The van der Waals surface area contributed by atoms with Crippen molar-refractivity contribution in [3.63, 3.8) is 0 Å². The van der Waals surface area contributed by atoms with Crippen molar-refractivity contribution < 1.29 is 4.89 Å². The maximum absolute atomic E-state index is 12.6. The second-order valence-corrected chi connectivity index (χ2v) is 11.1. The van der Waals surface area contributed by atoms with Crippen molar-refractivity contribution >= 4 is 22.7 Å². The van der Waals surface area contributed by atoms with Gasteiger partial charge in [0.2, 0.25) is 0 Å². The van der Waals surface area contributed by atoms with Gasteiger partial charge in [-0.3, -0.25) is 0 Å². The van der Waals surface area contributed by atoms with Gasteiger partial charge < -0.3 is 0 Å². The third-order valence-electron chi connectivity index (χ3n) is 4.84. The fourth-order valence-corrected chi connectivity index (χ4v) is 8.54. The molecule has 3 aromatic carbocycles. The molecule has 3 aromatic rings. The molecule has 0 atom stereocenters. The summed E-state index contributed by atoms with van der Waals surface area (Å²) in [6, 6.07) is 30.5. The number of hydrogen-bond acceptors (Lipinski definition) is 1. The molecule has 118 valence electrons. The minimum atomic E-state index is -3.51. The summed E-state index contributed by atoms with van der Waals surface area (Å²) in [7, 11) is 0. The first kappa shape index (κ1) is 15.9. The minimum absolute atomic E-state index is 0.0770. The van der Waals surface area contributed by atoms with E-state index in [4.69, 9.17) is 0 Å². The quantitative estimate of drug-likeness (QED) is 0.724. The molecule has 0 amide bonds. The van der Waals surface area contributed by atoms with Crippen molar-refractivity contribution in [3.05, 3.63) is 91.0 Å². The first-order valence-corrected chi connectivity index (χ1v) is 10.3. The van der Waals surface area contributed by atoms with Crippen molar-refractivity contribution in [1.29, 1.82) is 0 Å². The molecule has 3 rings (SSSR count). The molecular formula is C21H23OP. The molecule has 0 radical (unpaired) electrons. The van der Waals surface area contributed by atoms with Crippen LogP contribution in [0.4, 0.5) is 0 Å². The second kappa shape index (κ2) is 5.92. The van der Waals surface area contributed by atoms with E-state index in [2.05, 4.69) is 50.2 Å². The second-order valence-electron chi connectivity index (χ2n) is 6.24. The molecule has 0 heterocycles. The third kappa shape index (κ3) is 2.24. The topological polar surface area (TPSA) is 20.2 Å². The average molecular weight is 322 g/mol. The fourth-order valence-electron chi connectivity index (χ4n) is 3.53. The third-order valence-corrected chi connectivity index (χ3v) is 10.9. The van der Waals surface area contributed by atoms with Gasteiger partial charge in [0.05, 0.1) is 0 Å². The van der Waals surface area contributed by atoms with Gasteiger partial charge >= 0.3 is 138 Å². The average Bonchev–Trinajstić information content (AvgIpc) is 2.63. The summed E-state index contributed by atoms with van der Waals surface area (Å²) in [5.74, 6) is 0. The molecule has 1 nitrogen and oxygen atoms in total. The predicted molar refractivity (Wildman–Crippen MR) is 103 cm³/mol. The van der Waals surface area contributed by atoms with Crippen LogP contribution in [0.1, 0.15) is 13.8 Å². The van der Waals surface area contributed by atoms with Gasteiger partial charge in [0.15, 0.2) is 0 Å². The molecule has 0 saturated heterocycles. The normalized spacial score (nSPS) is 13.5. The molecule has 2 heteroatoms. The van der Waals surface area contributed by atoms with Crippen LogP contribution in [0.3, 0.4) is 0 Å². The predicted octanol–water partition coefficient (Wildman–Crippen LogP) is 3.83. The van der Waals surface area contributed by atoms with Crippen molar-refractivity contribution in [1.82, 2.24) is 0 Å². The summed E-state index contributed by atoms with van der Waals surface area (Å²) < 4.78 is 0. The van der Waals surface area contributed by atoms with Gasteiger partial charge in [0.25, 0.3) is 0 Å². The van der Waals surface area contributed by atoms with E-state index in [9.17, 15) is 4.89 Å². The van der Waals surface area contributed by atoms with Gasteiger partial charge in [-0.15, -0.1) is 0 Å². The number of rotatable bonds is 4. The molecule has 0 bridgehead atoms. The maximum atomic E-state index is 12.6. The Balaban J connectivity index is 2.47. The van der Waals surface area contributed by atoms with E-state index >= 15 is 0 Å². The monoisotopic (exact) mass is 322 g/mol. The standard InChI is InChI=1S/C21H23OP/c1-18(2)23(22,19-12-6-3-7-13-19,20-14-8-4-9-15-20)21-16-10-5-11-17-21/h3-18,22H,1-2H3. The molecule has 0 saturated carbocycles. The van der Waals surface area contributed by atoms with Gasteiger partial charge in [-0.25, -0.2) is 0 Å². The van der Waals surface area contributed by atoms with Crippen molar-refractivity contribution in [2.24, 2.45) is 0 Å². The zero-order valence-corrected chi connectivity index (χ0v) is 14.5. The Bertz CT molecular complexity index is 667. The molecule has 23 heavy (non-hydrogen) atoms. The summed E-state index contributed by atoms with van der Waals surface area (Å²) in [6.45, 7) is 0.750. The Morgan fingerprint density at radius 1 is 0.565 bits per heavy atom. The fraction of sp³-hybridized carbons (Fsp3) is 0.143. The van der Waals surface area contributed by atoms with E-state index in [1.165, 1.54) is 0 Å². The summed E-state index contributed by atoms with van der Waals surface area (Å²) in [5, 5.41) is 3.06. The van der Waals surface area contributed by atoms with E-state index in [-0.39, 0.29) is 5.66 Å². The molecule has 0 aliphatic heterocycles. The van der Waals surface area contributed by atoms with Crippen LogP contribution in [0.25, 0.3) is 0 Å². The van der Waals surface area contributed by atoms with Crippen molar-refractivity contribution in [2.45, 2.75) is 19.5 Å². The van der Waals surface area contributed by atoms with Crippen LogP contribution in [0.5, 0.6) is 0 Å². The van der Waals surface area contributed by atoms with Crippen molar-refractivity contribution in [2.75, 3.05) is 0 Å². The SMILES string of the molecule is CC(C)P(O)(c1ccccc1)(c1ccccc1)c1ccccc1. The molecule has 1 N–H and O–H groups in total. The molecule has 0 spiro atoms. The molecular weight excluding hydrogens is 299 g/mol. The van der Waals surface area contributed by atoms with Crippen LogP contribution >= 0.6 is 6.83 Å². The summed E-state index contributed by atoms with van der Waals surface area (Å²) in [5.41, 5.74) is 0.0770.